The number of unbranched alkanes of at least 4 members (excludes halogenated alkanes) is 2. The number of nitrogens with one attached hydrogen (secondary N) is 2. The zero-order valence-corrected chi connectivity index (χ0v) is 15.3. The van der Waals surface area contributed by atoms with Crippen LogP contribution in [0.5, 0.6) is 0 Å². The van der Waals surface area contributed by atoms with Crippen LogP contribution in [0.1, 0.15) is 30.8 Å². The molecule has 0 radical (unpaired) electrons. The summed E-state index contributed by atoms with van der Waals surface area (Å²) >= 11 is 4.17. The molecular weight excluding hydrogens is 362 g/mol. The fraction of sp³-hybridized carbons (Fsp3) is 0.750. The standard InChI is InChI=1S/C16H27N3O6S/c20-8-10-14(22)15(23)13(16(24)25-10)19-12(21)6-11-17-7-9(18-11)4-2-1-3-5-26/h7,10,13-16,20,22-24,26H,1-6,8H2,(H,17,18)(H,19,21)/t10-,13-,14-,15-,16-/m1/s1. The van der Waals surface area contributed by atoms with Crippen molar-refractivity contribution in [2.45, 2.75) is 62.7 Å². The van der Waals surface area contributed by atoms with Crippen LogP contribution in [0.2, 0.25) is 0 Å². The van der Waals surface area contributed by atoms with Gasteiger partial charge in [-0.15, -0.1) is 0 Å². The number of amides is 1. The minimum absolute atomic E-state index is 0.0634. The number of aliphatic hydroxyl groups excluding tert-OH is 4. The van der Waals surface area contributed by atoms with Gasteiger partial charge in [-0.3, -0.25) is 4.79 Å². The predicted octanol–water partition coefficient (Wildman–Crippen LogP) is -1.49. The molecule has 0 spiro atoms. The van der Waals surface area contributed by atoms with Crippen LogP contribution in [0.4, 0.5) is 0 Å². The Kier molecular flexibility index (Phi) is 8.32. The molecule has 0 saturated carbocycles. The number of carbonyl (C=O) groups is 1. The molecule has 6 N–H and O–H groups in total. The molecule has 2 heterocycles. The summed E-state index contributed by atoms with van der Waals surface area (Å²) in [5, 5.41) is 41.2. The van der Waals surface area contributed by atoms with Gasteiger partial charge in [0.05, 0.1) is 13.0 Å². The van der Waals surface area contributed by atoms with E-state index >= 15 is 0 Å². The number of nitrogens with zero attached hydrogens (tertiary/aromatic N) is 1. The van der Waals surface area contributed by atoms with Crippen LogP contribution in [-0.2, 0) is 22.4 Å². The first-order valence-electron chi connectivity index (χ1n) is 8.69. The Hall–Kier alpha value is -1.17. The van der Waals surface area contributed by atoms with E-state index in [-0.39, 0.29) is 6.42 Å². The SMILES string of the molecule is O=C(Cc1ncc(CCCCCS)[nH]1)N[C@@H]1[C@@H](O)[C@H](O)[C@@H](CO)O[C@H]1O. The molecule has 0 unspecified atom stereocenters. The molecule has 2 rings (SSSR count). The summed E-state index contributed by atoms with van der Waals surface area (Å²) < 4.78 is 5.00. The molecule has 0 aromatic carbocycles. The number of H-pyrrole nitrogens is 1. The number of thiol groups is 1. The number of rotatable bonds is 9. The summed E-state index contributed by atoms with van der Waals surface area (Å²) in [4.78, 5) is 19.4. The second-order valence-corrected chi connectivity index (χ2v) is 6.84. The minimum atomic E-state index is -1.53. The van der Waals surface area contributed by atoms with Gasteiger partial charge in [0, 0.05) is 11.9 Å². The van der Waals surface area contributed by atoms with Crippen LogP contribution in [0.15, 0.2) is 6.20 Å². The Balaban J connectivity index is 1.83. The quantitative estimate of drug-likeness (QED) is 0.201. The molecule has 0 aliphatic carbocycles. The van der Waals surface area contributed by atoms with Crippen molar-refractivity contribution in [3.05, 3.63) is 17.7 Å². The van der Waals surface area contributed by atoms with Crippen LogP contribution >= 0.6 is 12.6 Å². The monoisotopic (exact) mass is 389 g/mol. The van der Waals surface area contributed by atoms with Crippen LogP contribution in [-0.4, -0.2) is 79.3 Å². The van der Waals surface area contributed by atoms with E-state index < -0.39 is 43.2 Å². The van der Waals surface area contributed by atoms with Crippen molar-refractivity contribution in [3.63, 3.8) is 0 Å². The van der Waals surface area contributed by atoms with E-state index in [0.29, 0.717) is 5.82 Å². The van der Waals surface area contributed by atoms with E-state index in [9.17, 15) is 20.1 Å². The first-order valence-corrected chi connectivity index (χ1v) is 9.33. The van der Waals surface area contributed by atoms with Gasteiger partial charge in [-0.2, -0.15) is 12.6 Å². The van der Waals surface area contributed by atoms with E-state index in [4.69, 9.17) is 9.84 Å². The number of hydrogen-bond donors (Lipinski definition) is 7. The van der Waals surface area contributed by atoms with Crippen molar-refractivity contribution in [2.24, 2.45) is 0 Å². The van der Waals surface area contributed by atoms with Gasteiger partial charge in [0.2, 0.25) is 5.91 Å². The lowest BCUT2D eigenvalue weighted by Crippen LogP contribution is -2.64. The lowest BCUT2D eigenvalue weighted by atomic mass is 9.97. The Morgan fingerprint density at radius 1 is 1.27 bits per heavy atom. The van der Waals surface area contributed by atoms with Crippen LogP contribution in [0.25, 0.3) is 0 Å². The van der Waals surface area contributed by atoms with Gasteiger partial charge in [-0.1, -0.05) is 6.42 Å². The first-order chi connectivity index (χ1) is 12.5. The number of carbonyl (C=O) groups excluding carboxylic acids is 1. The average Bonchev–Trinajstić information content (AvgIpc) is 3.06. The van der Waals surface area contributed by atoms with Crippen molar-refractivity contribution >= 4 is 18.5 Å². The number of imidazole rings is 1. The highest BCUT2D eigenvalue weighted by atomic mass is 32.1. The number of aromatic amines is 1. The topological polar surface area (TPSA) is 148 Å². The summed E-state index contributed by atoms with van der Waals surface area (Å²) in [6.07, 6.45) is 0.0905. The normalized spacial score (nSPS) is 28.9. The van der Waals surface area contributed by atoms with Gasteiger partial charge in [-0.05, 0) is 25.0 Å². The molecule has 1 fully saturated rings. The number of hydrogen-bond acceptors (Lipinski definition) is 8. The molecule has 1 aromatic rings. The largest absolute Gasteiger partial charge is 0.394 e. The molecular formula is C16H27N3O6S. The van der Waals surface area contributed by atoms with Gasteiger partial charge >= 0.3 is 0 Å². The molecule has 26 heavy (non-hydrogen) atoms. The van der Waals surface area contributed by atoms with E-state index in [2.05, 4.69) is 27.9 Å². The number of ether oxygens (including phenoxy) is 1. The fourth-order valence-electron chi connectivity index (χ4n) is 2.87. The Labute approximate surface area is 157 Å². The third kappa shape index (κ3) is 5.66. The van der Waals surface area contributed by atoms with E-state index in [0.717, 1.165) is 37.1 Å². The summed E-state index contributed by atoms with van der Waals surface area (Å²) in [7, 11) is 0. The highest BCUT2D eigenvalue weighted by molar-refractivity contribution is 7.80. The molecule has 5 atom stereocenters. The molecule has 1 aromatic heterocycles. The highest BCUT2D eigenvalue weighted by Crippen LogP contribution is 2.19. The molecule has 148 valence electrons. The molecule has 0 bridgehead atoms. The van der Waals surface area contributed by atoms with Crippen LogP contribution in [0, 0.1) is 0 Å². The Bertz CT molecular complexity index is 572. The lowest BCUT2D eigenvalue weighted by Gasteiger charge is -2.40. The summed E-state index contributed by atoms with van der Waals surface area (Å²) in [5.74, 6) is 0.855. The Morgan fingerprint density at radius 2 is 2.04 bits per heavy atom. The van der Waals surface area contributed by atoms with Crippen LogP contribution in [0.3, 0.4) is 0 Å². The first kappa shape index (κ1) is 21.1. The highest BCUT2D eigenvalue weighted by Gasteiger charge is 2.44. The summed E-state index contributed by atoms with van der Waals surface area (Å²) in [6.45, 7) is -0.556. The van der Waals surface area contributed by atoms with E-state index in [1.54, 1.807) is 6.20 Å². The van der Waals surface area contributed by atoms with Gasteiger partial charge in [0.1, 0.15) is 30.2 Å². The molecule has 1 saturated heterocycles. The van der Waals surface area contributed by atoms with Crippen LogP contribution < -0.4 is 5.32 Å². The minimum Gasteiger partial charge on any atom is -0.394 e. The fourth-order valence-corrected chi connectivity index (χ4v) is 3.09. The van der Waals surface area contributed by atoms with Crippen molar-refractivity contribution in [1.29, 1.82) is 0 Å². The van der Waals surface area contributed by atoms with Gasteiger partial charge < -0.3 is 35.5 Å². The number of aliphatic hydroxyl groups is 4. The van der Waals surface area contributed by atoms with Gasteiger partial charge in [0.15, 0.2) is 6.29 Å². The van der Waals surface area contributed by atoms with Gasteiger partial charge in [-0.25, -0.2) is 4.98 Å². The maximum Gasteiger partial charge on any atom is 0.228 e. The number of aromatic nitrogens is 2. The van der Waals surface area contributed by atoms with E-state index in [1.807, 2.05) is 0 Å². The van der Waals surface area contributed by atoms with Crippen molar-refractivity contribution in [1.82, 2.24) is 15.3 Å². The second-order valence-electron chi connectivity index (χ2n) is 6.39. The maximum atomic E-state index is 12.1. The average molecular weight is 389 g/mol. The third-order valence-corrected chi connectivity index (χ3v) is 4.66. The van der Waals surface area contributed by atoms with E-state index in [1.165, 1.54) is 0 Å². The third-order valence-electron chi connectivity index (χ3n) is 4.34. The zero-order chi connectivity index (χ0) is 19.1. The molecule has 1 aliphatic heterocycles. The predicted molar refractivity (Wildman–Crippen MR) is 95.6 cm³/mol. The Morgan fingerprint density at radius 3 is 2.73 bits per heavy atom. The molecule has 1 aliphatic rings. The summed E-state index contributed by atoms with van der Waals surface area (Å²) in [5.41, 5.74) is 0.939. The molecule has 10 heteroatoms. The van der Waals surface area contributed by atoms with Gasteiger partial charge in [0.25, 0.3) is 0 Å². The van der Waals surface area contributed by atoms with Crippen molar-refractivity contribution in [2.75, 3.05) is 12.4 Å². The molecule has 9 nitrogen and oxygen atoms in total. The zero-order valence-electron chi connectivity index (χ0n) is 14.4. The summed E-state index contributed by atoms with van der Waals surface area (Å²) in [6, 6.07) is -1.20. The second kappa shape index (κ2) is 10.2. The van der Waals surface area contributed by atoms with Crippen molar-refractivity contribution in [3.8, 4) is 0 Å². The maximum absolute atomic E-state index is 12.1. The number of aryl methyl sites for hydroxylation is 1. The smallest absolute Gasteiger partial charge is 0.228 e. The lowest BCUT2D eigenvalue weighted by molar-refractivity contribution is -0.253. The molecule has 1 amide bonds. The van der Waals surface area contributed by atoms with Crippen molar-refractivity contribution < 1.29 is 30.0 Å².